The SMILES string of the molecule is C#Cc1ccc(Cc2cc([C@@H]3O[C@H](CO)[C@@H](O)[C@H](O)[C@H]3O)ccc2Cl)cc1Cc1ccc(OCC)cc1. The van der Waals surface area contributed by atoms with Gasteiger partial charge in [0.1, 0.15) is 36.3 Å². The zero-order valence-corrected chi connectivity index (χ0v) is 21.3. The van der Waals surface area contributed by atoms with Crippen LogP contribution < -0.4 is 4.74 Å². The van der Waals surface area contributed by atoms with Crippen LogP contribution in [0.1, 0.15) is 46.4 Å². The van der Waals surface area contributed by atoms with Gasteiger partial charge in [-0.2, -0.15) is 0 Å². The number of benzene rings is 3. The van der Waals surface area contributed by atoms with Gasteiger partial charge < -0.3 is 29.9 Å². The molecule has 7 heteroatoms. The van der Waals surface area contributed by atoms with Gasteiger partial charge in [-0.05, 0) is 71.8 Å². The molecule has 1 aliphatic rings. The van der Waals surface area contributed by atoms with Crippen molar-refractivity contribution in [1.29, 1.82) is 0 Å². The summed E-state index contributed by atoms with van der Waals surface area (Å²) in [5.41, 5.74) is 5.35. The summed E-state index contributed by atoms with van der Waals surface area (Å²) >= 11 is 6.52. The molecule has 37 heavy (non-hydrogen) atoms. The second-order valence-electron chi connectivity index (χ2n) is 9.17. The number of aliphatic hydroxyl groups is 4. The van der Waals surface area contributed by atoms with E-state index < -0.39 is 37.1 Å². The zero-order chi connectivity index (χ0) is 26.5. The Kier molecular flexibility index (Phi) is 8.88. The minimum atomic E-state index is -1.45. The van der Waals surface area contributed by atoms with Gasteiger partial charge in [0.05, 0.1) is 13.2 Å². The molecule has 3 aromatic rings. The predicted octanol–water partition coefficient (Wildman–Crippen LogP) is 3.42. The molecule has 194 valence electrons. The van der Waals surface area contributed by atoms with Gasteiger partial charge in [-0.15, -0.1) is 6.42 Å². The van der Waals surface area contributed by atoms with Gasteiger partial charge in [0, 0.05) is 10.6 Å². The first-order valence-corrected chi connectivity index (χ1v) is 12.6. The van der Waals surface area contributed by atoms with Crippen LogP contribution in [0, 0.1) is 12.3 Å². The molecular formula is C30H31ClO6. The molecule has 4 rings (SSSR count). The van der Waals surface area contributed by atoms with Crippen LogP contribution in [0.4, 0.5) is 0 Å². The number of ether oxygens (including phenoxy) is 2. The maximum Gasteiger partial charge on any atom is 0.119 e. The van der Waals surface area contributed by atoms with E-state index in [9.17, 15) is 20.4 Å². The number of hydrogen-bond acceptors (Lipinski definition) is 6. The lowest BCUT2D eigenvalue weighted by atomic mass is 9.89. The van der Waals surface area contributed by atoms with Gasteiger partial charge in [0.15, 0.2) is 0 Å². The van der Waals surface area contributed by atoms with Crippen molar-refractivity contribution in [1.82, 2.24) is 0 Å². The Morgan fingerprint density at radius 2 is 1.59 bits per heavy atom. The summed E-state index contributed by atoms with van der Waals surface area (Å²) in [6, 6.07) is 19.1. The van der Waals surface area contributed by atoms with Crippen molar-refractivity contribution in [2.45, 2.75) is 50.3 Å². The van der Waals surface area contributed by atoms with Crippen LogP contribution in [0.3, 0.4) is 0 Å². The Labute approximate surface area is 222 Å². The largest absolute Gasteiger partial charge is 0.494 e. The summed E-state index contributed by atoms with van der Waals surface area (Å²) in [4.78, 5) is 0. The monoisotopic (exact) mass is 522 g/mol. The molecule has 1 fully saturated rings. The van der Waals surface area contributed by atoms with E-state index in [0.29, 0.717) is 30.0 Å². The van der Waals surface area contributed by atoms with E-state index >= 15 is 0 Å². The molecule has 0 amide bonds. The molecule has 0 saturated carbocycles. The molecule has 0 aliphatic carbocycles. The smallest absolute Gasteiger partial charge is 0.119 e. The molecular weight excluding hydrogens is 492 g/mol. The molecule has 3 aromatic carbocycles. The Bertz CT molecular complexity index is 1250. The summed E-state index contributed by atoms with van der Waals surface area (Å²) in [6.45, 7) is 2.08. The molecule has 1 aliphatic heterocycles. The fourth-order valence-corrected chi connectivity index (χ4v) is 4.82. The van der Waals surface area contributed by atoms with Crippen molar-refractivity contribution in [2.75, 3.05) is 13.2 Å². The van der Waals surface area contributed by atoms with Crippen molar-refractivity contribution in [3.05, 3.63) is 99.1 Å². The number of rotatable bonds is 8. The zero-order valence-electron chi connectivity index (χ0n) is 20.5. The summed E-state index contributed by atoms with van der Waals surface area (Å²) < 4.78 is 11.2. The molecule has 1 heterocycles. The lowest BCUT2D eigenvalue weighted by molar-refractivity contribution is -0.231. The third kappa shape index (κ3) is 6.16. The molecule has 4 N–H and O–H groups in total. The third-order valence-electron chi connectivity index (χ3n) is 6.64. The summed E-state index contributed by atoms with van der Waals surface area (Å²) in [7, 11) is 0. The van der Waals surface area contributed by atoms with Crippen LogP contribution in [-0.4, -0.2) is 58.1 Å². The van der Waals surface area contributed by atoms with E-state index in [4.69, 9.17) is 27.5 Å². The first-order chi connectivity index (χ1) is 17.8. The highest BCUT2D eigenvalue weighted by Gasteiger charge is 2.44. The van der Waals surface area contributed by atoms with Gasteiger partial charge in [0.2, 0.25) is 0 Å². The third-order valence-corrected chi connectivity index (χ3v) is 7.01. The maximum absolute atomic E-state index is 10.5. The lowest BCUT2D eigenvalue weighted by Gasteiger charge is -2.40. The van der Waals surface area contributed by atoms with Crippen LogP contribution >= 0.6 is 11.6 Å². The van der Waals surface area contributed by atoms with Gasteiger partial charge in [-0.1, -0.05) is 53.9 Å². The minimum absolute atomic E-state index is 0.486. The average molecular weight is 523 g/mol. The van der Waals surface area contributed by atoms with Gasteiger partial charge in [-0.3, -0.25) is 0 Å². The highest BCUT2D eigenvalue weighted by atomic mass is 35.5. The Morgan fingerprint density at radius 3 is 2.27 bits per heavy atom. The van der Waals surface area contributed by atoms with E-state index in [1.165, 1.54) is 0 Å². The number of terminal acetylenes is 1. The van der Waals surface area contributed by atoms with Gasteiger partial charge in [-0.25, -0.2) is 0 Å². The van der Waals surface area contributed by atoms with Crippen LogP contribution in [0.2, 0.25) is 5.02 Å². The Balaban J connectivity index is 1.57. The fourth-order valence-electron chi connectivity index (χ4n) is 4.64. The van der Waals surface area contributed by atoms with Crippen LogP contribution in [0.5, 0.6) is 5.75 Å². The molecule has 0 spiro atoms. The molecule has 1 saturated heterocycles. The van der Waals surface area contributed by atoms with Crippen LogP contribution in [-0.2, 0) is 17.6 Å². The fraction of sp³-hybridized carbons (Fsp3) is 0.333. The molecule has 6 nitrogen and oxygen atoms in total. The minimum Gasteiger partial charge on any atom is -0.494 e. The Hall–Kier alpha value is -2.89. The molecule has 0 aromatic heterocycles. The van der Waals surface area contributed by atoms with E-state index in [-0.39, 0.29) is 0 Å². The van der Waals surface area contributed by atoms with Crippen LogP contribution in [0.15, 0.2) is 60.7 Å². The second kappa shape index (κ2) is 12.1. The van der Waals surface area contributed by atoms with Gasteiger partial charge in [0.25, 0.3) is 0 Å². The molecule has 0 unspecified atom stereocenters. The first kappa shape index (κ1) is 27.2. The topological polar surface area (TPSA) is 99.4 Å². The number of aliphatic hydroxyl groups excluding tert-OH is 4. The summed E-state index contributed by atoms with van der Waals surface area (Å²) in [5.74, 6) is 3.59. The lowest BCUT2D eigenvalue weighted by Crippen LogP contribution is -2.55. The number of halogens is 1. The van der Waals surface area contributed by atoms with E-state index in [0.717, 1.165) is 33.6 Å². The normalized spacial score (nSPS) is 23.4. The quantitative estimate of drug-likeness (QED) is 0.338. The second-order valence-corrected chi connectivity index (χ2v) is 9.57. The van der Waals surface area contributed by atoms with Crippen molar-refractivity contribution in [2.24, 2.45) is 0 Å². The van der Waals surface area contributed by atoms with E-state index in [2.05, 4.69) is 12.0 Å². The van der Waals surface area contributed by atoms with Crippen molar-refractivity contribution in [3.63, 3.8) is 0 Å². The van der Waals surface area contributed by atoms with Crippen molar-refractivity contribution in [3.8, 4) is 18.1 Å². The van der Waals surface area contributed by atoms with Crippen molar-refractivity contribution < 1.29 is 29.9 Å². The van der Waals surface area contributed by atoms with E-state index in [1.807, 2.05) is 49.4 Å². The maximum atomic E-state index is 10.5. The standard InChI is InChI=1S/C30H31ClO6/c1-3-20-8-5-19(14-22(20)13-18-6-10-24(11-7-18)36-4-2)15-23-16-21(9-12-25(23)31)30-29(35)28(34)27(33)26(17-32)37-30/h1,5-12,14,16,26-30,32-35H,4,13,15,17H2,2H3/t26-,27-,28+,29-,30+/m1/s1. The molecule has 0 bridgehead atoms. The first-order valence-electron chi connectivity index (χ1n) is 12.2. The van der Waals surface area contributed by atoms with Gasteiger partial charge >= 0.3 is 0 Å². The summed E-state index contributed by atoms with van der Waals surface area (Å²) in [5, 5.41) is 40.9. The molecule has 0 radical (unpaired) electrons. The Morgan fingerprint density at radius 1 is 0.892 bits per heavy atom. The number of hydrogen-bond donors (Lipinski definition) is 4. The highest BCUT2D eigenvalue weighted by Crippen LogP contribution is 2.34. The van der Waals surface area contributed by atoms with E-state index in [1.54, 1.807) is 12.1 Å². The van der Waals surface area contributed by atoms with Crippen LogP contribution in [0.25, 0.3) is 0 Å². The summed E-state index contributed by atoms with van der Waals surface area (Å²) in [6.07, 6.45) is 0.814. The predicted molar refractivity (Wildman–Crippen MR) is 142 cm³/mol. The molecule has 5 atom stereocenters. The van der Waals surface area contributed by atoms with Crippen molar-refractivity contribution >= 4 is 11.6 Å². The highest BCUT2D eigenvalue weighted by molar-refractivity contribution is 6.31. The average Bonchev–Trinajstić information content (AvgIpc) is 2.90.